The van der Waals surface area contributed by atoms with E-state index in [2.05, 4.69) is 45.2 Å². The van der Waals surface area contributed by atoms with Crippen molar-refractivity contribution in [3.8, 4) is 0 Å². The SMILES string of the molecule is CCOC(=O)c1cc(C)cc(I)c1I. The summed E-state index contributed by atoms with van der Waals surface area (Å²) in [4.78, 5) is 11.5. The topological polar surface area (TPSA) is 26.3 Å². The fourth-order valence-electron chi connectivity index (χ4n) is 1.08. The number of benzene rings is 1. The van der Waals surface area contributed by atoms with Crippen molar-refractivity contribution < 1.29 is 9.53 Å². The molecule has 0 N–H and O–H groups in total. The highest BCUT2D eigenvalue weighted by Crippen LogP contribution is 2.22. The maximum absolute atomic E-state index is 11.5. The number of hydrogen-bond donors (Lipinski definition) is 0. The Morgan fingerprint density at radius 3 is 2.64 bits per heavy atom. The first-order valence-electron chi connectivity index (χ1n) is 4.19. The number of hydrogen-bond acceptors (Lipinski definition) is 2. The standard InChI is InChI=1S/C10H10I2O2/c1-3-14-10(13)7-4-6(2)5-8(11)9(7)12/h4-5H,3H2,1-2H3. The van der Waals surface area contributed by atoms with Crippen LogP contribution >= 0.6 is 45.2 Å². The molecule has 0 atom stereocenters. The van der Waals surface area contributed by atoms with Gasteiger partial charge < -0.3 is 4.74 Å². The van der Waals surface area contributed by atoms with E-state index in [0.717, 1.165) is 12.7 Å². The number of carbonyl (C=O) groups excluding carboxylic acids is 1. The number of aryl methyl sites for hydroxylation is 1. The van der Waals surface area contributed by atoms with Crippen LogP contribution in [0.25, 0.3) is 0 Å². The maximum Gasteiger partial charge on any atom is 0.339 e. The molecule has 0 spiro atoms. The normalized spacial score (nSPS) is 10.0. The van der Waals surface area contributed by atoms with E-state index in [9.17, 15) is 4.79 Å². The third kappa shape index (κ3) is 2.82. The monoisotopic (exact) mass is 416 g/mol. The zero-order valence-corrected chi connectivity index (χ0v) is 12.2. The average molecular weight is 416 g/mol. The van der Waals surface area contributed by atoms with Crippen molar-refractivity contribution in [3.63, 3.8) is 0 Å². The van der Waals surface area contributed by atoms with Gasteiger partial charge in [-0.3, -0.25) is 0 Å². The van der Waals surface area contributed by atoms with Crippen LogP contribution in [-0.4, -0.2) is 12.6 Å². The number of carbonyl (C=O) groups is 1. The third-order valence-corrected chi connectivity index (χ3v) is 4.71. The van der Waals surface area contributed by atoms with Crippen LogP contribution in [0.1, 0.15) is 22.8 Å². The minimum Gasteiger partial charge on any atom is -0.462 e. The molecule has 0 heterocycles. The van der Waals surface area contributed by atoms with E-state index in [1.54, 1.807) is 0 Å². The molecule has 0 unspecified atom stereocenters. The highest BCUT2D eigenvalue weighted by Gasteiger charge is 2.13. The minimum absolute atomic E-state index is 0.237. The summed E-state index contributed by atoms with van der Waals surface area (Å²) >= 11 is 4.39. The molecule has 0 fully saturated rings. The number of rotatable bonds is 2. The average Bonchev–Trinajstić information content (AvgIpc) is 2.11. The molecule has 0 aliphatic rings. The van der Waals surface area contributed by atoms with Gasteiger partial charge in [-0.1, -0.05) is 0 Å². The molecule has 0 aromatic heterocycles. The highest BCUT2D eigenvalue weighted by atomic mass is 127. The zero-order valence-electron chi connectivity index (χ0n) is 7.93. The van der Waals surface area contributed by atoms with Gasteiger partial charge in [0, 0.05) is 7.14 Å². The summed E-state index contributed by atoms with van der Waals surface area (Å²) in [7, 11) is 0. The van der Waals surface area contributed by atoms with Crippen LogP contribution in [0.15, 0.2) is 12.1 Å². The maximum atomic E-state index is 11.5. The Kier molecular flexibility index (Phi) is 4.62. The van der Waals surface area contributed by atoms with E-state index in [-0.39, 0.29) is 5.97 Å². The summed E-state index contributed by atoms with van der Waals surface area (Å²) in [6.07, 6.45) is 0. The van der Waals surface area contributed by atoms with Crippen LogP contribution in [0.3, 0.4) is 0 Å². The van der Waals surface area contributed by atoms with Crippen LogP contribution in [0.5, 0.6) is 0 Å². The summed E-state index contributed by atoms with van der Waals surface area (Å²) < 4.78 is 7.03. The third-order valence-electron chi connectivity index (χ3n) is 1.67. The first kappa shape index (κ1) is 12.2. The Bertz CT molecular complexity index is 361. The first-order valence-corrected chi connectivity index (χ1v) is 6.34. The molecule has 0 radical (unpaired) electrons. The van der Waals surface area contributed by atoms with Crippen molar-refractivity contribution in [1.29, 1.82) is 0 Å². The van der Waals surface area contributed by atoms with E-state index in [0.29, 0.717) is 12.2 Å². The Hall–Kier alpha value is 0.150. The van der Waals surface area contributed by atoms with E-state index >= 15 is 0 Å². The molecule has 1 aromatic rings. The fourth-order valence-corrected chi connectivity index (χ4v) is 2.40. The largest absolute Gasteiger partial charge is 0.462 e. The molecule has 0 amide bonds. The Balaban J connectivity index is 3.13. The van der Waals surface area contributed by atoms with E-state index in [4.69, 9.17) is 4.74 Å². The second-order valence-electron chi connectivity index (χ2n) is 2.83. The van der Waals surface area contributed by atoms with Gasteiger partial charge in [0.2, 0.25) is 0 Å². The predicted molar refractivity (Wildman–Crippen MR) is 72.6 cm³/mol. The summed E-state index contributed by atoms with van der Waals surface area (Å²) in [6, 6.07) is 3.91. The molecule has 0 aliphatic carbocycles. The Labute approximate surface area is 111 Å². The molecular weight excluding hydrogens is 406 g/mol. The number of ether oxygens (including phenoxy) is 1. The lowest BCUT2D eigenvalue weighted by atomic mass is 10.1. The van der Waals surface area contributed by atoms with Gasteiger partial charge in [0.1, 0.15) is 0 Å². The molecular formula is C10H10I2O2. The van der Waals surface area contributed by atoms with Gasteiger partial charge in [-0.2, -0.15) is 0 Å². The molecule has 1 rings (SSSR count). The van der Waals surface area contributed by atoms with E-state index < -0.39 is 0 Å². The summed E-state index contributed by atoms with van der Waals surface area (Å²) in [6.45, 7) is 4.20. The molecule has 0 bridgehead atoms. The molecule has 0 saturated heterocycles. The lowest BCUT2D eigenvalue weighted by molar-refractivity contribution is 0.0525. The molecule has 0 saturated carbocycles. The van der Waals surface area contributed by atoms with Gasteiger partial charge in [-0.15, -0.1) is 0 Å². The number of halogens is 2. The van der Waals surface area contributed by atoms with Crippen molar-refractivity contribution in [2.75, 3.05) is 6.61 Å². The van der Waals surface area contributed by atoms with Crippen molar-refractivity contribution in [3.05, 3.63) is 30.4 Å². The molecule has 0 aliphatic heterocycles. The predicted octanol–water partition coefficient (Wildman–Crippen LogP) is 3.38. The van der Waals surface area contributed by atoms with Crippen molar-refractivity contribution >= 4 is 51.2 Å². The summed E-state index contributed by atoms with van der Waals surface area (Å²) in [5.41, 5.74) is 1.75. The Morgan fingerprint density at radius 1 is 1.43 bits per heavy atom. The van der Waals surface area contributed by atoms with Crippen LogP contribution < -0.4 is 0 Å². The van der Waals surface area contributed by atoms with Gasteiger partial charge >= 0.3 is 5.97 Å². The van der Waals surface area contributed by atoms with Gasteiger partial charge in [0.05, 0.1) is 12.2 Å². The van der Waals surface area contributed by atoms with Crippen LogP contribution in [0, 0.1) is 14.1 Å². The summed E-state index contributed by atoms with van der Waals surface area (Å²) in [5.74, 6) is -0.237. The van der Waals surface area contributed by atoms with Gasteiger partial charge in [0.15, 0.2) is 0 Å². The Morgan fingerprint density at radius 2 is 2.07 bits per heavy atom. The molecule has 14 heavy (non-hydrogen) atoms. The molecule has 4 heteroatoms. The fraction of sp³-hybridized carbons (Fsp3) is 0.300. The molecule has 1 aromatic carbocycles. The van der Waals surface area contributed by atoms with Crippen LogP contribution in [0.2, 0.25) is 0 Å². The molecule has 76 valence electrons. The highest BCUT2D eigenvalue weighted by molar-refractivity contribution is 14.1. The second kappa shape index (κ2) is 5.29. The van der Waals surface area contributed by atoms with Gasteiger partial charge in [-0.25, -0.2) is 4.79 Å². The minimum atomic E-state index is -0.237. The van der Waals surface area contributed by atoms with E-state index in [1.807, 2.05) is 26.0 Å². The number of esters is 1. The lowest BCUT2D eigenvalue weighted by Crippen LogP contribution is -2.08. The van der Waals surface area contributed by atoms with Crippen LogP contribution in [-0.2, 0) is 4.74 Å². The van der Waals surface area contributed by atoms with Crippen LogP contribution in [0.4, 0.5) is 0 Å². The van der Waals surface area contributed by atoms with Gasteiger partial charge in [-0.05, 0) is 76.7 Å². The smallest absolute Gasteiger partial charge is 0.339 e. The van der Waals surface area contributed by atoms with Crippen molar-refractivity contribution in [2.45, 2.75) is 13.8 Å². The second-order valence-corrected chi connectivity index (χ2v) is 5.07. The van der Waals surface area contributed by atoms with Gasteiger partial charge in [0.25, 0.3) is 0 Å². The van der Waals surface area contributed by atoms with E-state index in [1.165, 1.54) is 0 Å². The van der Waals surface area contributed by atoms with Crippen molar-refractivity contribution in [1.82, 2.24) is 0 Å². The quantitative estimate of drug-likeness (QED) is 0.546. The first-order chi connectivity index (χ1) is 6.56. The molecule has 2 nitrogen and oxygen atoms in total. The zero-order chi connectivity index (χ0) is 10.7. The van der Waals surface area contributed by atoms with Crippen molar-refractivity contribution in [2.24, 2.45) is 0 Å². The summed E-state index contributed by atoms with van der Waals surface area (Å²) in [5, 5.41) is 0. The lowest BCUT2D eigenvalue weighted by Gasteiger charge is -2.07.